The first-order chi connectivity index (χ1) is 12.0. The molecule has 0 heterocycles. The van der Waals surface area contributed by atoms with Crippen molar-refractivity contribution >= 4 is 11.7 Å². The number of hydrogen-bond acceptors (Lipinski definition) is 4. The molecule has 2 amide bonds. The quantitative estimate of drug-likeness (QED) is 0.846. The van der Waals surface area contributed by atoms with E-state index in [1.165, 1.54) is 12.0 Å². The van der Waals surface area contributed by atoms with Gasteiger partial charge in [-0.15, -0.1) is 0 Å². The number of aromatic hydroxyl groups is 1. The lowest BCUT2D eigenvalue weighted by Crippen LogP contribution is -2.20. The van der Waals surface area contributed by atoms with Crippen molar-refractivity contribution in [3.63, 3.8) is 0 Å². The maximum absolute atomic E-state index is 12.1. The highest BCUT2D eigenvalue weighted by Gasteiger charge is 2.17. The van der Waals surface area contributed by atoms with Gasteiger partial charge in [-0.25, -0.2) is 4.79 Å². The van der Waals surface area contributed by atoms with Crippen molar-refractivity contribution in [3.05, 3.63) is 53.6 Å². The molecule has 2 aromatic carbocycles. The molecule has 0 aliphatic rings. The van der Waals surface area contributed by atoms with E-state index in [4.69, 9.17) is 9.47 Å². The van der Waals surface area contributed by atoms with Crippen molar-refractivity contribution in [2.24, 2.45) is 4.99 Å². The molecule has 0 saturated carbocycles. The van der Waals surface area contributed by atoms with Crippen LogP contribution in [0.5, 0.6) is 17.2 Å². The Balaban J connectivity index is 2.56. The summed E-state index contributed by atoms with van der Waals surface area (Å²) in [5.41, 5.74) is 1.46. The molecule has 0 aromatic heterocycles. The smallest absolute Gasteiger partial charge is 0.343 e. The van der Waals surface area contributed by atoms with Crippen LogP contribution in [0, 0.1) is 0 Å². The van der Waals surface area contributed by atoms with Crippen LogP contribution in [0.3, 0.4) is 0 Å². The third-order valence-corrected chi connectivity index (χ3v) is 3.50. The number of nitrogens with zero attached hydrogens (tertiary/aromatic N) is 2. The van der Waals surface area contributed by atoms with Crippen LogP contribution in [0.1, 0.15) is 18.1 Å². The van der Waals surface area contributed by atoms with Crippen LogP contribution < -0.4 is 9.47 Å². The Hall–Kier alpha value is -3.02. The van der Waals surface area contributed by atoms with Crippen LogP contribution in [0.4, 0.5) is 4.79 Å². The largest absolute Gasteiger partial charge is 0.504 e. The number of carbonyl (C=O) groups excluding carboxylic acids is 1. The number of phenolic OH excluding ortho intramolecular Hbond substituents is 1. The molecule has 0 aliphatic heterocycles. The van der Waals surface area contributed by atoms with Gasteiger partial charge in [0, 0.05) is 25.2 Å². The van der Waals surface area contributed by atoms with Crippen molar-refractivity contribution in [1.29, 1.82) is 0 Å². The van der Waals surface area contributed by atoms with Gasteiger partial charge < -0.3 is 19.5 Å². The van der Waals surface area contributed by atoms with Gasteiger partial charge in [0.25, 0.3) is 0 Å². The lowest BCUT2D eigenvalue weighted by Gasteiger charge is -2.14. The molecule has 0 atom stereocenters. The van der Waals surface area contributed by atoms with E-state index in [0.717, 1.165) is 5.75 Å². The Bertz CT molecular complexity index is 767. The monoisotopic (exact) mass is 342 g/mol. The lowest BCUT2D eigenvalue weighted by atomic mass is 10.0. The van der Waals surface area contributed by atoms with Gasteiger partial charge in [0.15, 0.2) is 11.5 Å². The van der Waals surface area contributed by atoms with Crippen molar-refractivity contribution < 1.29 is 19.4 Å². The number of rotatable bonds is 5. The molecule has 0 saturated heterocycles. The van der Waals surface area contributed by atoms with Gasteiger partial charge in [-0.05, 0) is 43.3 Å². The molecule has 6 nitrogen and oxygen atoms in total. The number of hydrogen-bond donors (Lipinski definition) is 1. The number of benzene rings is 2. The molecule has 0 fully saturated rings. The topological polar surface area (TPSA) is 71.4 Å². The van der Waals surface area contributed by atoms with Crippen LogP contribution in [-0.4, -0.2) is 49.6 Å². The molecule has 0 radical (unpaired) electrons. The van der Waals surface area contributed by atoms with E-state index in [1.54, 1.807) is 56.6 Å². The Morgan fingerprint density at radius 3 is 2.40 bits per heavy atom. The normalized spacial score (nSPS) is 11.1. The summed E-state index contributed by atoms with van der Waals surface area (Å²) in [5, 5.41) is 10.5. The number of carbonyl (C=O) groups is 1. The fourth-order valence-electron chi connectivity index (χ4n) is 2.23. The van der Waals surface area contributed by atoms with Crippen LogP contribution in [0.25, 0.3) is 0 Å². The fourth-order valence-corrected chi connectivity index (χ4v) is 2.23. The molecule has 0 bridgehead atoms. The van der Waals surface area contributed by atoms with Crippen molar-refractivity contribution in [2.75, 3.05) is 27.8 Å². The first kappa shape index (κ1) is 18.3. The second-order valence-corrected chi connectivity index (χ2v) is 5.45. The number of amides is 2. The molecule has 6 heteroatoms. The molecule has 2 rings (SSSR count). The molecule has 132 valence electrons. The van der Waals surface area contributed by atoms with Gasteiger partial charge in [-0.3, -0.25) is 0 Å². The minimum atomic E-state index is -0.425. The SMILES string of the molecule is CCOc1ccc(/C(=N\C(=O)N(C)C)c2cccc(OC)c2O)cc1. The van der Waals surface area contributed by atoms with E-state index < -0.39 is 6.03 Å². The predicted octanol–water partition coefficient (Wildman–Crippen LogP) is 3.32. The lowest BCUT2D eigenvalue weighted by molar-refractivity contribution is 0.227. The molecular formula is C19H22N2O4. The fraction of sp³-hybridized carbons (Fsp3) is 0.263. The summed E-state index contributed by atoms with van der Waals surface area (Å²) in [6.45, 7) is 2.47. The number of para-hydroxylation sites is 1. The van der Waals surface area contributed by atoms with Crippen LogP contribution in [0.15, 0.2) is 47.5 Å². The average Bonchev–Trinajstić information content (AvgIpc) is 2.61. The van der Waals surface area contributed by atoms with Crippen molar-refractivity contribution in [2.45, 2.75) is 6.92 Å². The zero-order chi connectivity index (χ0) is 18.4. The van der Waals surface area contributed by atoms with Gasteiger partial charge in [-0.1, -0.05) is 6.07 Å². The van der Waals surface area contributed by atoms with E-state index in [1.807, 2.05) is 6.92 Å². The maximum atomic E-state index is 12.1. The zero-order valence-electron chi connectivity index (χ0n) is 14.8. The van der Waals surface area contributed by atoms with Crippen LogP contribution in [0.2, 0.25) is 0 Å². The first-order valence-electron chi connectivity index (χ1n) is 7.87. The molecule has 1 N–H and O–H groups in total. The summed E-state index contributed by atoms with van der Waals surface area (Å²) in [4.78, 5) is 17.7. The highest BCUT2D eigenvalue weighted by molar-refractivity contribution is 6.18. The third kappa shape index (κ3) is 4.29. The third-order valence-electron chi connectivity index (χ3n) is 3.50. The Labute approximate surface area is 147 Å². The van der Waals surface area contributed by atoms with E-state index in [9.17, 15) is 9.90 Å². The molecular weight excluding hydrogens is 320 g/mol. The summed E-state index contributed by atoms with van der Waals surface area (Å²) < 4.78 is 10.6. The number of ether oxygens (including phenoxy) is 2. The minimum Gasteiger partial charge on any atom is -0.504 e. The van der Waals surface area contributed by atoms with Crippen LogP contribution >= 0.6 is 0 Å². The zero-order valence-corrected chi connectivity index (χ0v) is 14.8. The van der Waals surface area contributed by atoms with Crippen molar-refractivity contribution in [1.82, 2.24) is 4.90 Å². The van der Waals surface area contributed by atoms with E-state index in [0.29, 0.717) is 29.2 Å². The van der Waals surface area contributed by atoms with Gasteiger partial charge in [-0.2, -0.15) is 4.99 Å². The van der Waals surface area contributed by atoms with Crippen molar-refractivity contribution in [3.8, 4) is 17.2 Å². The Morgan fingerprint density at radius 2 is 1.84 bits per heavy atom. The van der Waals surface area contributed by atoms with Gasteiger partial charge >= 0.3 is 6.03 Å². The molecule has 0 spiro atoms. The number of urea groups is 1. The molecule has 2 aromatic rings. The highest BCUT2D eigenvalue weighted by atomic mass is 16.5. The minimum absolute atomic E-state index is 0.0656. The van der Waals surface area contributed by atoms with Gasteiger partial charge in [0.05, 0.1) is 19.4 Å². The summed E-state index contributed by atoms with van der Waals surface area (Å²) >= 11 is 0. The standard InChI is InChI=1S/C19H22N2O4/c1-5-25-14-11-9-13(10-12-14)17(20-19(23)21(2)3)15-7-6-8-16(24-4)18(15)22/h6-12,22H,5H2,1-4H3/b20-17+. The Kier molecular flexibility index (Phi) is 6.00. The van der Waals surface area contributed by atoms with E-state index in [-0.39, 0.29) is 5.75 Å². The number of methoxy groups -OCH3 is 1. The molecule has 0 unspecified atom stereocenters. The number of aliphatic imine (C=N–C) groups is 1. The summed E-state index contributed by atoms with van der Waals surface area (Å²) in [6.07, 6.45) is 0. The van der Waals surface area contributed by atoms with Crippen LogP contribution in [-0.2, 0) is 0 Å². The predicted molar refractivity (Wildman–Crippen MR) is 97.0 cm³/mol. The van der Waals surface area contributed by atoms with Gasteiger partial charge in [0.1, 0.15) is 5.75 Å². The average molecular weight is 342 g/mol. The first-order valence-corrected chi connectivity index (χ1v) is 7.87. The van der Waals surface area contributed by atoms with Gasteiger partial charge in [0.2, 0.25) is 0 Å². The number of phenols is 1. The summed E-state index contributed by atoms with van der Waals surface area (Å²) in [6, 6.07) is 11.8. The maximum Gasteiger partial charge on any atom is 0.343 e. The second-order valence-electron chi connectivity index (χ2n) is 5.45. The molecule has 0 aliphatic carbocycles. The summed E-state index contributed by atoms with van der Waals surface area (Å²) in [5.74, 6) is 0.969. The van der Waals surface area contributed by atoms with E-state index in [2.05, 4.69) is 4.99 Å². The molecule has 25 heavy (non-hydrogen) atoms. The van der Waals surface area contributed by atoms with E-state index >= 15 is 0 Å². The summed E-state index contributed by atoms with van der Waals surface area (Å²) in [7, 11) is 4.71. The Morgan fingerprint density at radius 1 is 1.16 bits per heavy atom. The highest BCUT2D eigenvalue weighted by Crippen LogP contribution is 2.31. The second kappa shape index (κ2) is 8.19.